The molecule has 0 bridgehead atoms. The Hall–Kier alpha value is -0.0800. The number of hydrogen-bond donors (Lipinski definition) is 0. The number of rotatable bonds is 2. The molecule has 13 heavy (non-hydrogen) atoms. The first kappa shape index (κ1) is 11.0. The Labute approximate surface area is 93.8 Å². The Morgan fingerprint density at radius 2 is 2.15 bits per heavy atom. The smallest absolute Gasteiger partial charge is 0.266 e. The average Bonchev–Trinajstić information content (AvgIpc) is 2.01. The molecule has 0 amide bonds. The molecule has 72 valence electrons. The molecule has 7 heteroatoms. The molecule has 1 aromatic rings. The molecule has 0 atom stereocenters. The summed E-state index contributed by atoms with van der Waals surface area (Å²) in [5.74, 6) is 0.0156. The van der Waals surface area contributed by atoms with Crippen LogP contribution in [0.1, 0.15) is 0 Å². The van der Waals surface area contributed by atoms with E-state index in [2.05, 4.69) is 4.98 Å². The van der Waals surface area contributed by atoms with E-state index >= 15 is 0 Å². The van der Waals surface area contributed by atoms with Gasteiger partial charge >= 0.3 is 0 Å². The van der Waals surface area contributed by atoms with E-state index in [0.29, 0.717) is 3.70 Å². The second kappa shape index (κ2) is 3.97. The minimum atomic E-state index is -3.78. The summed E-state index contributed by atoms with van der Waals surface area (Å²) in [7, 11) is 2.70. The highest BCUT2D eigenvalue weighted by molar-refractivity contribution is 14.1. The maximum Gasteiger partial charge on any atom is 0.266 e. The zero-order valence-electron chi connectivity index (χ0n) is 6.49. The molecule has 0 saturated heterocycles. The number of halogens is 2. The first-order valence-electron chi connectivity index (χ1n) is 3.10. The first-order chi connectivity index (χ1) is 5.95. The molecule has 0 aromatic carbocycles. The number of nitrogens with zero attached hydrogens (tertiary/aromatic N) is 1. The molecule has 1 heterocycles. The lowest BCUT2D eigenvalue weighted by molar-refractivity contribution is 0.384. The summed E-state index contributed by atoms with van der Waals surface area (Å²) >= 11 is 1.94. The molecule has 0 radical (unpaired) electrons. The van der Waals surface area contributed by atoms with E-state index in [4.69, 9.17) is 15.4 Å². The SMILES string of the molecule is COc1nc(I)ccc1S(=O)(=O)Cl. The predicted octanol–water partition coefficient (Wildman–Crippen LogP) is 1.62. The van der Waals surface area contributed by atoms with Crippen LogP contribution in [0.5, 0.6) is 5.88 Å². The molecule has 0 fully saturated rings. The molecule has 0 aliphatic carbocycles. The number of ether oxygens (including phenoxy) is 1. The summed E-state index contributed by atoms with van der Waals surface area (Å²) in [5, 5.41) is 0. The van der Waals surface area contributed by atoms with Crippen molar-refractivity contribution in [2.75, 3.05) is 7.11 Å². The topological polar surface area (TPSA) is 56.3 Å². The van der Waals surface area contributed by atoms with E-state index in [-0.39, 0.29) is 10.8 Å². The Bertz CT molecular complexity index is 420. The van der Waals surface area contributed by atoms with Gasteiger partial charge < -0.3 is 4.74 Å². The van der Waals surface area contributed by atoms with Crippen LogP contribution >= 0.6 is 33.3 Å². The van der Waals surface area contributed by atoms with Crippen molar-refractivity contribution in [2.24, 2.45) is 0 Å². The lowest BCUT2D eigenvalue weighted by Gasteiger charge is -2.03. The summed E-state index contributed by atoms with van der Waals surface area (Å²) < 4.78 is 27.3. The molecule has 1 rings (SSSR count). The van der Waals surface area contributed by atoms with Gasteiger partial charge in [-0.2, -0.15) is 0 Å². The van der Waals surface area contributed by atoms with E-state index < -0.39 is 9.05 Å². The standard InChI is InChI=1S/C6H5ClINO3S/c1-12-6-4(13(7,10)11)2-3-5(8)9-6/h2-3H,1H3. The van der Waals surface area contributed by atoms with Gasteiger partial charge in [0.1, 0.15) is 8.60 Å². The van der Waals surface area contributed by atoms with Crippen molar-refractivity contribution in [3.63, 3.8) is 0 Å². The van der Waals surface area contributed by atoms with Crippen molar-refractivity contribution in [3.8, 4) is 5.88 Å². The number of aromatic nitrogens is 1. The second-order valence-corrected chi connectivity index (χ2v) is 5.72. The van der Waals surface area contributed by atoms with Gasteiger partial charge in [0.2, 0.25) is 5.88 Å². The third kappa shape index (κ3) is 2.68. The van der Waals surface area contributed by atoms with Crippen LogP contribution < -0.4 is 4.74 Å². The van der Waals surface area contributed by atoms with Crippen molar-refractivity contribution in [3.05, 3.63) is 15.8 Å². The number of methoxy groups -OCH3 is 1. The van der Waals surface area contributed by atoms with E-state index in [9.17, 15) is 8.42 Å². The molecular formula is C6H5ClINO3S. The molecule has 4 nitrogen and oxygen atoms in total. The Morgan fingerprint density at radius 1 is 1.54 bits per heavy atom. The number of pyridine rings is 1. The second-order valence-electron chi connectivity index (χ2n) is 2.08. The summed E-state index contributed by atoms with van der Waals surface area (Å²) in [6.45, 7) is 0. The van der Waals surface area contributed by atoms with Crippen LogP contribution in [0.2, 0.25) is 0 Å². The van der Waals surface area contributed by atoms with Gasteiger partial charge in [-0.1, -0.05) is 0 Å². The first-order valence-corrected chi connectivity index (χ1v) is 6.49. The normalized spacial score (nSPS) is 11.3. The van der Waals surface area contributed by atoms with Crippen molar-refractivity contribution < 1.29 is 13.2 Å². The molecular weight excluding hydrogens is 328 g/mol. The lowest BCUT2D eigenvalue weighted by atomic mass is 10.5. The molecule has 0 saturated carbocycles. The summed E-state index contributed by atoms with van der Waals surface area (Å²) in [6, 6.07) is 2.90. The average molecular weight is 334 g/mol. The summed E-state index contributed by atoms with van der Waals surface area (Å²) in [6.07, 6.45) is 0. The Morgan fingerprint density at radius 3 is 2.62 bits per heavy atom. The third-order valence-corrected chi connectivity index (χ3v) is 3.18. The van der Waals surface area contributed by atoms with E-state index in [1.165, 1.54) is 13.2 Å². The lowest BCUT2D eigenvalue weighted by Crippen LogP contribution is -1.99. The van der Waals surface area contributed by atoms with Crippen LogP contribution in [0.25, 0.3) is 0 Å². The minimum absolute atomic E-state index is 0.0156. The zero-order valence-corrected chi connectivity index (χ0v) is 10.2. The number of hydrogen-bond acceptors (Lipinski definition) is 4. The highest BCUT2D eigenvalue weighted by Gasteiger charge is 2.17. The van der Waals surface area contributed by atoms with Crippen LogP contribution in [0.4, 0.5) is 0 Å². The van der Waals surface area contributed by atoms with Crippen LogP contribution in [-0.2, 0) is 9.05 Å². The predicted molar refractivity (Wildman–Crippen MR) is 56.5 cm³/mol. The fourth-order valence-corrected chi connectivity index (χ4v) is 2.06. The summed E-state index contributed by atoms with van der Waals surface area (Å²) in [4.78, 5) is 3.75. The fourth-order valence-electron chi connectivity index (χ4n) is 0.737. The highest BCUT2D eigenvalue weighted by atomic mass is 127. The van der Waals surface area contributed by atoms with Crippen LogP contribution in [0, 0.1) is 3.70 Å². The van der Waals surface area contributed by atoms with Gasteiger partial charge in [-0.05, 0) is 34.7 Å². The Kier molecular flexibility index (Phi) is 3.36. The van der Waals surface area contributed by atoms with Crippen molar-refractivity contribution in [1.82, 2.24) is 4.98 Å². The van der Waals surface area contributed by atoms with E-state index in [1.54, 1.807) is 6.07 Å². The Balaban J connectivity index is 3.39. The van der Waals surface area contributed by atoms with Gasteiger partial charge in [-0.15, -0.1) is 0 Å². The largest absolute Gasteiger partial charge is 0.480 e. The third-order valence-electron chi connectivity index (χ3n) is 1.25. The van der Waals surface area contributed by atoms with Crippen LogP contribution in [0.15, 0.2) is 17.0 Å². The van der Waals surface area contributed by atoms with Gasteiger partial charge in [0, 0.05) is 10.7 Å². The van der Waals surface area contributed by atoms with Gasteiger partial charge in [0.15, 0.2) is 0 Å². The van der Waals surface area contributed by atoms with Gasteiger partial charge in [0.25, 0.3) is 9.05 Å². The molecule has 0 aliphatic rings. The molecule has 0 aliphatic heterocycles. The van der Waals surface area contributed by atoms with Crippen LogP contribution in [0.3, 0.4) is 0 Å². The maximum absolute atomic E-state index is 11.0. The van der Waals surface area contributed by atoms with E-state index in [0.717, 1.165) is 0 Å². The van der Waals surface area contributed by atoms with Crippen LogP contribution in [-0.4, -0.2) is 20.5 Å². The van der Waals surface area contributed by atoms with Gasteiger partial charge in [0.05, 0.1) is 7.11 Å². The van der Waals surface area contributed by atoms with Crippen molar-refractivity contribution in [1.29, 1.82) is 0 Å². The van der Waals surface area contributed by atoms with Crippen molar-refractivity contribution >= 4 is 42.3 Å². The van der Waals surface area contributed by atoms with Crippen molar-refractivity contribution in [2.45, 2.75) is 4.90 Å². The maximum atomic E-state index is 11.0. The molecule has 0 spiro atoms. The minimum Gasteiger partial charge on any atom is -0.480 e. The molecule has 0 N–H and O–H groups in total. The van der Waals surface area contributed by atoms with Gasteiger partial charge in [-0.25, -0.2) is 13.4 Å². The molecule has 1 aromatic heterocycles. The summed E-state index contributed by atoms with van der Waals surface area (Å²) in [5.41, 5.74) is 0. The zero-order chi connectivity index (χ0) is 10.1. The van der Waals surface area contributed by atoms with E-state index in [1.807, 2.05) is 22.6 Å². The quantitative estimate of drug-likeness (QED) is 0.469. The van der Waals surface area contributed by atoms with Gasteiger partial charge in [-0.3, -0.25) is 0 Å². The monoisotopic (exact) mass is 333 g/mol. The fraction of sp³-hybridized carbons (Fsp3) is 0.167. The molecule has 0 unspecified atom stereocenters. The highest BCUT2D eigenvalue weighted by Crippen LogP contribution is 2.25.